The number of carboxylic acids is 1. The van der Waals surface area contributed by atoms with Crippen molar-refractivity contribution in [3.8, 4) is 5.75 Å². The normalized spacial score (nSPS) is 24.3. The second-order valence-electron chi connectivity index (χ2n) is 6.96. The van der Waals surface area contributed by atoms with Crippen LogP contribution in [0.4, 0.5) is 0 Å². The molecule has 7 heteroatoms. The Morgan fingerprint density at radius 1 is 1.19 bits per heavy atom. The summed E-state index contributed by atoms with van der Waals surface area (Å²) in [7, 11) is 0. The number of likely N-dealkylation sites (tertiary alicyclic amines) is 1. The molecule has 2 saturated heterocycles. The third kappa shape index (κ3) is 5.10. The van der Waals surface area contributed by atoms with Crippen LogP contribution in [0.1, 0.15) is 29.9 Å². The maximum Gasteiger partial charge on any atom is 0.308 e. The number of amides is 1. The van der Waals surface area contributed by atoms with Crippen molar-refractivity contribution in [3.63, 3.8) is 0 Å². The van der Waals surface area contributed by atoms with Crippen molar-refractivity contribution >= 4 is 35.4 Å². The van der Waals surface area contributed by atoms with Gasteiger partial charge < -0.3 is 14.7 Å². The number of nitrogens with zero attached hydrogens (tertiary/aromatic N) is 1. The summed E-state index contributed by atoms with van der Waals surface area (Å²) < 4.78 is 6.13. The number of aliphatic carboxylic acids is 1. The van der Waals surface area contributed by atoms with Gasteiger partial charge in [0, 0.05) is 13.1 Å². The Kier molecular flexibility index (Phi) is 6.75. The van der Waals surface area contributed by atoms with E-state index in [0.29, 0.717) is 23.3 Å². The zero-order valence-corrected chi connectivity index (χ0v) is 16.6. The summed E-state index contributed by atoms with van der Waals surface area (Å²) in [6.45, 7) is 2.81. The maximum atomic E-state index is 12.4. The predicted octanol–water partition coefficient (Wildman–Crippen LogP) is 3.50. The van der Waals surface area contributed by atoms with E-state index in [4.69, 9.17) is 4.74 Å². The zero-order chi connectivity index (χ0) is 18.5. The molecule has 0 radical (unpaired) electrons. The van der Waals surface area contributed by atoms with Gasteiger partial charge in [-0.3, -0.25) is 9.59 Å². The molecule has 2 aliphatic heterocycles. The van der Waals surface area contributed by atoms with Crippen LogP contribution in [0.3, 0.4) is 0 Å². The van der Waals surface area contributed by atoms with E-state index in [0.717, 1.165) is 0 Å². The van der Waals surface area contributed by atoms with Crippen LogP contribution in [0, 0.1) is 11.8 Å². The topological polar surface area (TPSA) is 66.8 Å². The van der Waals surface area contributed by atoms with E-state index in [1.54, 1.807) is 4.90 Å². The minimum Gasteiger partial charge on any atom is -0.484 e. The van der Waals surface area contributed by atoms with Crippen molar-refractivity contribution in [2.24, 2.45) is 11.8 Å². The number of thioether (sulfide) groups is 2. The van der Waals surface area contributed by atoms with Gasteiger partial charge in [-0.2, -0.15) is 0 Å². The van der Waals surface area contributed by atoms with E-state index in [-0.39, 0.29) is 25.0 Å². The van der Waals surface area contributed by atoms with Crippen molar-refractivity contribution in [1.29, 1.82) is 0 Å². The van der Waals surface area contributed by atoms with Gasteiger partial charge in [0.2, 0.25) is 0 Å². The van der Waals surface area contributed by atoms with E-state index >= 15 is 0 Å². The summed E-state index contributed by atoms with van der Waals surface area (Å²) in [6, 6.07) is 7.97. The minimum absolute atomic E-state index is 0.0503. The van der Waals surface area contributed by atoms with Crippen LogP contribution in [-0.4, -0.2) is 53.1 Å². The highest BCUT2D eigenvalue weighted by atomic mass is 32.2. The van der Waals surface area contributed by atoms with Gasteiger partial charge in [-0.1, -0.05) is 19.1 Å². The van der Waals surface area contributed by atoms with E-state index in [2.05, 4.69) is 12.1 Å². The molecule has 0 aromatic heterocycles. The van der Waals surface area contributed by atoms with E-state index < -0.39 is 11.9 Å². The van der Waals surface area contributed by atoms with Crippen LogP contribution in [0.25, 0.3) is 0 Å². The average Bonchev–Trinajstić information content (AvgIpc) is 2.66. The highest BCUT2D eigenvalue weighted by Crippen LogP contribution is 2.43. The lowest BCUT2D eigenvalue weighted by atomic mass is 9.90. The summed E-state index contributed by atoms with van der Waals surface area (Å²) >= 11 is 3.95. The first-order valence-corrected chi connectivity index (χ1v) is 11.1. The molecule has 0 aliphatic carbocycles. The number of hydrogen-bond donors (Lipinski definition) is 1. The molecule has 2 unspecified atom stereocenters. The van der Waals surface area contributed by atoms with Crippen molar-refractivity contribution in [1.82, 2.24) is 4.90 Å². The van der Waals surface area contributed by atoms with E-state index in [9.17, 15) is 14.7 Å². The SMILES string of the molecule is CC1CC(C(=O)O)CN(C(=O)COc2ccc(C3SCCCS3)cc2)C1. The lowest BCUT2D eigenvalue weighted by molar-refractivity contribution is -0.147. The molecule has 5 nitrogen and oxygen atoms in total. The van der Waals surface area contributed by atoms with Crippen LogP contribution >= 0.6 is 23.5 Å². The molecule has 2 fully saturated rings. The molecule has 0 spiro atoms. The van der Waals surface area contributed by atoms with Crippen LogP contribution in [-0.2, 0) is 9.59 Å². The Hall–Kier alpha value is -1.34. The van der Waals surface area contributed by atoms with Gasteiger partial charge in [0.05, 0.1) is 10.5 Å². The number of piperidine rings is 1. The Morgan fingerprint density at radius 2 is 1.88 bits per heavy atom. The summed E-state index contributed by atoms with van der Waals surface area (Å²) in [4.78, 5) is 25.3. The second kappa shape index (κ2) is 9.04. The van der Waals surface area contributed by atoms with Gasteiger partial charge in [0.1, 0.15) is 5.75 Å². The average molecular weight is 396 g/mol. The minimum atomic E-state index is -0.829. The van der Waals surface area contributed by atoms with E-state index in [1.165, 1.54) is 23.5 Å². The van der Waals surface area contributed by atoms with Gasteiger partial charge in [-0.15, -0.1) is 23.5 Å². The molecule has 1 N–H and O–H groups in total. The summed E-state index contributed by atoms with van der Waals surface area (Å²) in [5.74, 6) is 1.82. The molecule has 2 atom stereocenters. The van der Waals surface area contributed by atoms with Crippen molar-refractivity contribution in [2.75, 3.05) is 31.2 Å². The lowest BCUT2D eigenvalue weighted by Crippen LogP contribution is -2.47. The smallest absolute Gasteiger partial charge is 0.308 e. The van der Waals surface area contributed by atoms with Crippen LogP contribution in [0.2, 0.25) is 0 Å². The monoisotopic (exact) mass is 395 g/mol. The second-order valence-corrected chi connectivity index (χ2v) is 9.68. The predicted molar refractivity (Wildman–Crippen MR) is 106 cm³/mol. The van der Waals surface area contributed by atoms with Gasteiger partial charge in [0.15, 0.2) is 6.61 Å². The zero-order valence-electron chi connectivity index (χ0n) is 14.9. The highest BCUT2D eigenvalue weighted by molar-refractivity contribution is 8.16. The molecule has 142 valence electrons. The molecule has 0 bridgehead atoms. The number of benzene rings is 1. The quantitative estimate of drug-likeness (QED) is 0.823. The van der Waals surface area contributed by atoms with Crippen molar-refractivity contribution < 1.29 is 19.4 Å². The number of hydrogen-bond acceptors (Lipinski definition) is 5. The first-order chi connectivity index (χ1) is 12.5. The Balaban J connectivity index is 1.51. The van der Waals surface area contributed by atoms with E-state index in [1.807, 2.05) is 42.6 Å². The first-order valence-electron chi connectivity index (χ1n) is 8.99. The molecule has 1 aromatic rings. The molecule has 1 aromatic carbocycles. The third-order valence-corrected chi connectivity index (χ3v) is 7.72. The number of carbonyl (C=O) groups is 2. The molecular formula is C19H25NO4S2. The lowest BCUT2D eigenvalue weighted by Gasteiger charge is -2.34. The Morgan fingerprint density at radius 3 is 2.54 bits per heavy atom. The molecular weight excluding hydrogens is 370 g/mol. The fourth-order valence-electron chi connectivity index (χ4n) is 3.37. The summed E-state index contributed by atoms with van der Waals surface area (Å²) in [5.41, 5.74) is 1.28. The molecule has 26 heavy (non-hydrogen) atoms. The van der Waals surface area contributed by atoms with Gasteiger partial charge in [0.25, 0.3) is 5.91 Å². The third-order valence-electron chi connectivity index (χ3n) is 4.70. The number of carboxylic acid groups (broad SMARTS) is 1. The highest BCUT2D eigenvalue weighted by Gasteiger charge is 2.31. The van der Waals surface area contributed by atoms with Crippen LogP contribution in [0.5, 0.6) is 5.75 Å². The largest absolute Gasteiger partial charge is 0.484 e. The Bertz CT molecular complexity index is 631. The standard InChI is InChI=1S/C19H25NO4S2/c1-13-9-15(18(22)23)11-20(10-13)17(21)12-24-16-5-3-14(4-6-16)19-25-7-2-8-26-19/h3-6,13,15,19H,2,7-12H2,1H3,(H,22,23). The molecule has 1 amide bonds. The van der Waals surface area contributed by atoms with Crippen molar-refractivity contribution in [3.05, 3.63) is 29.8 Å². The molecule has 2 heterocycles. The number of rotatable bonds is 5. The van der Waals surface area contributed by atoms with Crippen LogP contribution < -0.4 is 4.74 Å². The summed E-state index contributed by atoms with van der Waals surface area (Å²) in [5, 5.41) is 9.22. The number of ether oxygens (including phenoxy) is 1. The maximum absolute atomic E-state index is 12.4. The first kappa shape index (κ1) is 19.4. The fourth-order valence-corrected chi connectivity index (χ4v) is 6.27. The molecule has 2 aliphatic rings. The van der Waals surface area contributed by atoms with Gasteiger partial charge in [-0.05, 0) is 48.0 Å². The van der Waals surface area contributed by atoms with Crippen molar-refractivity contribution in [2.45, 2.75) is 24.3 Å². The fraction of sp³-hybridized carbons (Fsp3) is 0.579. The Labute approximate surface area is 162 Å². The van der Waals surface area contributed by atoms with Gasteiger partial charge in [-0.25, -0.2) is 0 Å². The molecule has 0 saturated carbocycles. The van der Waals surface area contributed by atoms with Gasteiger partial charge >= 0.3 is 5.97 Å². The number of carbonyl (C=O) groups excluding carboxylic acids is 1. The molecule has 3 rings (SSSR count). The van der Waals surface area contributed by atoms with Crippen LogP contribution in [0.15, 0.2) is 24.3 Å². The summed E-state index contributed by atoms with van der Waals surface area (Å²) in [6.07, 6.45) is 1.89.